The molecule has 5 rings (SSSR count). The van der Waals surface area contributed by atoms with Crippen LogP contribution in [-0.2, 0) is 13.0 Å². The first-order valence-electron chi connectivity index (χ1n) is 9.23. The molecule has 0 unspecified atom stereocenters. The Balaban J connectivity index is 1.46. The summed E-state index contributed by atoms with van der Waals surface area (Å²) in [7, 11) is 0. The van der Waals surface area contributed by atoms with Gasteiger partial charge >= 0.3 is 0 Å². The van der Waals surface area contributed by atoms with Gasteiger partial charge in [-0.1, -0.05) is 30.3 Å². The second-order valence-corrected chi connectivity index (χ2v) is 7.01. The first kappa shape index (κ1) is 16.6. The standard InChI is InChI=1S/C20H19N7O/c1-14-22-23-19-13-25(12-16(27(14)19)10-15-6-3-2-4-7-15)20(28)17-11-18-21-8-5-9-26(18)24-17/h2-9,11,16H,10,12-13H2,1H3/t16-/m1/s1. The molecule has 1 aromatic carbocycles. The van der Waals surface area contributed by atoms with Gasteiger partial charge in [0.2, 0.25) is 0 Å². The van der Waals surface area contributed by atoms with Crippen LogP contribution in [0.3, 0.4) is 0 Å². The van der Waals surface area contributed by atoms with Gasteiger partial charge < -0.3 is 9.47 Å². The number of hydrogen-bond acceptors (Lipinski definition) is 5. The number of aryl methyl sites for hydroxylation is 1. The molecule has 3 aromatic heterocycles. The van der Waals surface area contributed by atoms with E-state index in [4.69, 9.17) is 0 Å². The summed E-state index contributed by atoms with van der Waals surface area (Å²) in [5.74, 6) is 1.57. The molecule has 0 saturated heterocycles. The molecule has 28 heavy (non-hydrogen) atoms. The van der Waals surface area contributed by atoms with E-state index in [2.05, 4.69) is 37.0 Å². The predicted molar refractivity (Wildman–Crippen MR) is 102 cm³/mol. The second-order valence-electron chi connectivity index (χ2n) is 7.01. The molecule has 8 nitrogen and oxygen atoms in total. The van der Waals surface area contributed by atoms with Gasteiger partial charge in [0, 0.05) is 25.0 Å². The highest BCUT2D eigenvalue weighted by atomic mass is 16.2. The molecule has 0 bridgehead atoms. The molecule has 0 spiro atoms. The molecule has 1 atom stereocenters. The summed E-state index contributed by atoms with van der Waals surface area (Å²) in [6.45, 7) is 2.97. The van der Waals surface area contributed by atoms with Crippen molar-refractivity contribution in [3.05, 3.63) is 77.8 Å². The maximum absolute atomic E-state index is 13.1. The smallest absolute Gasteiger partial charge is 0.274 e. The van der Waals surface area contributed by atoms with Gasteiger partial charge in [-0.2, -0.15) is 5.10 Å². The molecule has 1 aliphatic heterocycles. The van der Waals surface area contributed by atoms with Crippen LogP contribution in [0.4, 0.5) is 0 Å². The molecule has 0 radical (unpaired) electrons. The predicted octanol–water partition coefficient (Wildman–Crippen LogP) is 2.07. The minimum Gasteiger partial charge on any atom is -0.328 e. The third-order valence-electron chi connectivity index (χ3n) is 5.12. The molecule has 0 N–H and O–H groups in total. The molecule has 4 aromatic rings. The minimum atomic E-state index is -0.115. The third-order valence-corrected chi connectivity index (χ3v) is 5.12. The Labute approximate surface area is 161 Å². The van der Waals surface area contributed by atoms with Crippen LogP contribution in [0.1, 0.15) is 33.7 Å². The van der Waals surface area contributed by atoms with Gasteiger partial charge in [0.15, 0.2) is 17.2 Å². The van der Waals surface area contributed by atoms with Crippen molar-refractivity contribution >= 4 is 11.6 Å². The lowest BCUT2D eigenvalue weighted by molar-refractivity contribution is 0.0665. The Morgan fingerprint density at radius 2 is 2.04 bits per heavy atom. The first-order valence-corrected chi connectivity index (χ1v) is 9.23. The Morgan fingerprint density at radius 1 is 1.18 bits per heavy atom. The first-order chi connectivity index (χ1) is 13.7. The van der Waals surface area contributed by atoms with Crippen LogP contribution in [0.15, 0.2) is 54.9 Å². The van der Waals surface area contributed by atoms with Crippen molar-refractivity contribution in [2.24, 2.45) is 0 Å². The number of fused-ring (bicyclic) bond motifs is 2. The topological polar surface area (TPSA) is 81.2 Å². The van der Waals surface area contributed by atoms with Crippen molar-refractivity contribution in [2.45, 2.75) is 25.9 Å². The summed E-state index contributed by atoms with van der Waals surface area (Å²) < 4.78 is 3.77. The van der Waals surface area contributed by atoms with E-state index in [9.17, 15) is 4.79 Å². The van der Waals surface area contributed by atoms with E-state index in [0.29, 0.717) is 24.4 Å². The van der Waals surface area contributed by atoms with Gasteiger partial charge in [0.05, 0.1) is 12.6 Å². The zero-order valence-electron chi connectivity index (χ0n) is 15.4. The van der Waals surface area contributed by atoms with Gasteiger partial charge in [-0.15, -0.1) is 10.2 Å². The van der Waals surface area contributed by atoms with E-state index in [-0.39, 0.29) is 11.9 Å². The van der Waals surface area contributed by atoms with E-state index in [1.807, 2.05) is 25.1 Å². The van der Waals surface area contributed by atoms with Crippen LogP contribution in [-0.4, -0.2) is 46.7 Å². The highest BCUT2D eigenvalue weighted by Gasteiger charge is 2.32. The van der Waals surface area contributed by atoms with Crippen LogP contribution in [0.25, 0.3) is 5.65 Å². The van der Waals surface area contributed by atoms with E-state index < -0.39 is 0 Å². The molecule has 1 amide bonds. The quantitative estimate of drug-likeness (QED) is 0.549. The second kappa shape index (κ2) is 6.56. The fraction of sp³-hybridized carbons (Fsp3) is 0.250. The van der Waals surface area contributed by atoms with Crippen molar-refractivity contribution in [3.8, 4) is 0 Å². The molecule has 0 aliphatic carbocycles. The summed E-state index contributed by atoms with van der Waals surface area (Å²) in [6, 6.07) is 13.9. The van der Waals surface area contributed by atoms with Crippen LogP contribution in [0.5, 0.6) is 0 Å². The fourth-order valence-corrected chi connectivity index (χ4v) is 3.86. The number of rotatable bonds is 3. The number of amides is 1. The molecule has 1 aliphatic rings. The van der Waals surface area contributed by atoms with Crippen LogP contribution in [0, 0.1) is 6.92 Å². The number of hydrogen-bond donors (Lipinski definition) is 0. The highest BCUT2D eigenvalue weighted by Crippen LogP contribution is 2.26. The van der Waals surface area contributed by atoms with Crippen LogP contribution < -0.4 is 0 Å². The number of aromatic nitrogens is 6. The lowest BCUT2D eigenvalue weighted by atomic mass is 10.0. The average molecular weight is 373 g/mol. The summed E-state index contributed by atoms with van der Waals surface area (Å²) >= 11 is 0. The van der Waals surface area contributed by atoms with E-state index >= 15 is 0 Å². The molecular formula is C20H19N7O. The normalized spacial score (nSPS) is 16.3. The SMILES string of the molecule is Cc1nnc2n1[C@H](Cc1ccccc1)CN(C(=O)c1cc3ncccn3n1)C2. The maximum Gasteiger partial charge on any atom is 0.274 e. The Bertz CT molecular complexity index is 1110. The fourth-order valence-electron chi connectivity index (χ4n) is 3.86. The molecule has 0 fully saturated rings. The largest absolute Gasteiger partial charge is 0.328 e. The monoisotopic (exact) mass is 373 g/mol. The van der Waals surface area contributed by atoms with Gasteiger partial charge in [0.25, 0.3) is 5.91 Å². The Kier molecular flexibility index (Phi) is 3.89. The summed E-state index contributed by atoms with van der Waals surface area (Å²) in [5.41, 5.74) is 2.27. The maximum atomic E-state index is 13.1. The number of nitrogens with zero attached hydrogens (tertiary/aromatic N) is 7. The van der Waals surface area contributed by atoms with Crippen LogP contribution >= 0.6 is 0 Å². The summed E-state index contributed by atoms with van der Waals surface area (Å²) in [5, 5.41) is 12.9. The third kappa shape index (κ3) is 2.83. The zero-order valence-corrected chi connectivity index (χ0v) is 15.4. The number of benzene rings is 1. The van der Waals surface area contributed by atoms with E-state index in [1.165, 1.54) is 5.56 Å². The van der Waals surface area contributed by atoms with Crippen molar-refractivity contribution in [3.63, 3.8) is 0 Å². The van der Waals surface area contributed by atoms with Crippen molar-refractivity contribution < 1.29 is 4.79 Å². The van der Waals surface area contributed by atoms with Crippen molar-refractivity contribution in [2.75, 3.05) is 6.54 Å². The lowest BCUT2D eigenvalue weighted by Crippen LogP contribution is -2.42. The molecular weight excluding hydrogens is 354 g/mol. The number of carbonyl (C=O) groups excluding carboxylic acids is 1. The van der Waals surface area contributed by atoms with Gasteiger partial charge in [-0.05, 0) is 25.0 Å². The van der Waals surface area contributed by atoms with Gasteiger partial charge in [-0.25, -0.2) is 9.50 Å². The molecule has 4 heterocycles. The minimum absolute atomic E-state index is 0.0836. The molecule has 8 heteroatoms. The highest BCUT2D eigenvalue weighted by molar-refractivity contribution is 5.93. The van der Waals surface area contributed by atoms with E-state index in [1.54, 1.807) is 33.9 Å². The lowest BCUT2D eigenvalue weighted by Gasteiger charge is -2.34. The molecule has 140 valence electrons. The van der Waals surface area contributed by atoms with Crippen LogP contribution in [0.2, 0.25) is 0 Å². The summed E-state index contributed by atoms with van der Waals surface area (Å²) in [6.07, 6.45) is 4.28. The summed E-state index contributed by atoms with van der Waals surface area (Å²) in [4.78, 5) is 19.2. The Hall–Kier alpha value is -3.55. The van der Waals surface area contributed by atoms with Gasteiger partial charge in [-0.3, -0.25) is 4.79 Å². The average Bonchev–Trinajstić information content (AvgIpc) is 3.32. The zero-order chi connectivity index (χ0) is 19.1. The van der Waals surface area contributed by atoms with E-state index in [0.717, 1.165) is 18.1 Å². The molecule has 0 saturated carbocycles. The van der Waals surface area contributed by atoms with Gasteiger partial charge in [0.1, 0.15) is 5.82 Å². The van der Waals surface area contributed by atoms with Crippen molar-refractivity contribution in [1.29, 1.82) is 0 Å². The van der Waals surface area contributed by atoms with Crippen molar-refractivity contribution in [1.82, 2.24) is 34.3 Å². The Morgan fingerprint density at radius 3 is 2.86 bits per heavy atom. The number of carbonyl (C=O) groups is 1.